The number of nitrogens with one attached hydrogen (secondary N) is 1. The third-order valence-corrected chi connectivity index (χ3v) is 3.26. The molecule has 0 bridgehead atoms. The molecule has 0 radical (unpaired) electrons. The van der Waals surface area contributed by atoms with Gasteiger partial charge in [0.2, 0.25) is 0 Å². The predicted octanol–water partition coefficient (Wildman–Crippen LogP) is 3.87. The smallest absolute Gasteiger partial charge is 0.0572 e. The van der Waals surface area contributed by atoms with E-state index < -0.39 is 0 Å². The minimum absolute atomic E-state index is 0.317. The van der Waals surface area contributed by atoms with Crippen LogP contribution in [0.5, 0.6) is 0 Å². The van der Waals surface area contributed by atoms with Crippen LogP contribution in [0.2, 0.25) is 0 Å². The van der Waals surface area contributed by atoms with E-state index in [2.05, 4.69) is 68.9 Å². The van der Waals surface area contributed by atoms with E-state index in [9.17, 15) is 0 Å². The zero-order chi connectivity index (χ0) is 15.1. The van der Waals surface area contributed by atoms with Gasteiger partial charge in [0.25, 0.3) is 0 Å². The minimum Gasteiger partial charge on any atom is -0.370 e. The van der Waals surface area contributed by atoms with E-state index >= 15 is 0 Å². The zero-order valence-corrected chi connectivity index (χ0v) is 14.0. The van der Waals surface area contributed by atoms with Gasteiger partial charge in [0.15, 0.2) is 0 Å². The lowest BCUT2D eigenvalue weighted by Gasteiger charge is -2.28. The van der Waals surface area contributed by atoms with Gasteiger partial charge in [0, 0.05) is 19.1 Å². The lowest BCUT2D eigenvalue weighted by molar-refractivity contribution is 0.551. The molecule has 0 fully saturated rings. The maximum Gasteiger partial charge on any atom is 0.0572 e. The summed E-state index contributed by atoms with van der Waals surface area (Å²) in [7, 11) is 0. The third kappa shape index (κ3) is 5.49. The molecule has 0 saturated carbocycles. The molecule has 1 rings (SSSR count). The SMILES string of the molecule is CCNC(C)c1ccc(N(CC(C)C)CC(C)C)cn1. The Labute approximate surface area is 124 Å². The van der Waals surface area contributed by atoms with Gasteiger partial charge in [-0.05, 0) is 37.4 Å². The minimum atomic E-state index is 0.317. The Morgan fingerprint density at radius 1 is 1.05 bits per heavy atom. The number of rotatable bonds is 8. The van der Waals surface area contributed by atoms with Gasteiger partial charge in [0.05, 0.1) is 17.6 Å². The summed E-state index contributed by atoms with van der Waals surface area (Å²) in [5.74, 6) is 1.32. The summed E-state index contributed by atoms with van der Waals surface area (Å²) >= 11 is 0. The fraction of sp³-hybridized carbons (Fsp3) is 0.706. The molecule has 0 amide bonds. The maximum atomic E-state index is 4.63. The Hall–Kier alpha value is -1.09. The van der Waals surface area contributed by atoms with Gasteiger partial charge in [-0.1, -0.05) is 34.6 Å². The average Bonchev–Trinajstić information content (AvgIpc) is 2.37. The number of aromatic nitrogens is 1. The molecular formula is C17H31N3. The third-order valence-electron chi connectivity index (χ3n) is 3.26. The average molecular weight is 277 g/mol. The Balaban J connectivity index is 2.81. The van der Waals surface area contributed by atoms with Crippen LogP contribution in [-0.4, -0.2) is 24.6 Å². The maximum absolute atomic E-state index is 4.63. The quantitative estimate of drug-likeness (QED) is 0.782. The number of pyridine rings is 1. The molecule has 20 heavy (non-hydrogen) atoms. The highest BCUT2D eigenvalue weighted by Gasteiger charge is 2.12. The topological polar surface area (TPSA) is 28.2 Å². The van der Waals surface area contributed by atoms with Gasteiger partial charge >= 0.3 is 0 Å². The van der Waals surface area contributed by atoms with Crippen molar-refractivity contribution in [1.82, 2.24) is 10.3 Å². The summed E-state index contributed by atoms with van der Waals surface area (Å²) in [6, 6.07) is 4.68. The van der Waals surface area contributed by atoms with Crippen molar-refractivity contribution < 1.29 is 0 Å². The molecule has 3 nitrogen and oxygen atoms in total. The molecule has 114 valence electrons. The van der Waals surface area contributed by atoms with E-state index in [-0.39, 0.29) is 0 Å². The largest absolute Gasteiger partial charge is 0.370 e. The standard InChI is InChI=1S/C17H31N3/c1-7-18-15(6)17-9-8-16(10-19-17)20(11-13(2)3)12-14(4)5/h8-10,13-15,18H,7,11-12H2,1-6H3. The lowest BCUT2D eigenvalue weighted by atomic mass is 10.1. The van der Waals surface area contributed by atoms with E-state index in [1.807, 2.05) is 6.20 Å². The van der Waals surface area contributed by atoms with Gasteiger partial charge in [-0.2, -0.15) is 0 Å². The summed E-state index contributed by atoms with van der Waals surface area (Å²) in [6.07, 6.45) is 2.02. The highest BCUT2D eigenvalue weighted by Crippen LogP contribution is 2.19. The van der Waals surface area contributed by atoms with Crippen LogP contribution in [0.4, 0.5) is 5.69 Å². The van der Waals surface area contributed by atoms with Gasteiger partial charge in [-0.15, -0.1) is 0 Å². The van der Waals surface area contributed by atoms with Gasteiger partial charge in [0.1, 0.15) is 0 Å². The van der Waals surface area contributed by atoms with Crippen LogP contribution in [-0.2, 0) is 0 Å². The van der Waals surface area contributed by atoms with Crippen molar-refractivity contribution in [3.05, 3.63) is 24.0 Å². The van der Waals surface area contributed by atoms with Crippen LogP contribution in [0.3, 0.4) is 0 Å². The fourth-order valence-corrected chi connectivity index (χ4v) is 2.42. The zero-order valence-electron chi connectivity index (χ0n) is 14.0. The molecule has 1 atom stereocenters. The van der Waals surface area contributed by atoms with Crippen molar-refractivity contribution in [2.45, 2.75) is 47.6 Å². The number of hydrogen-bond donors (Lipinski definition) is 1. The molecule has 1 aromatic heterocycles. The second-order valence-corrected chi connectivity index (χ2v) is 6.41. The van der Waals surface area contributed by atoms with Crippen LogP contribution in [0.25, 0.3) is 0 Å². The molecule has 0 aliphatic heterocycles. The van der Waals surface area contributed by atoms with Crippen molar-refractivity contribution in [2.24, 2.45) is 11.8 Å². The van der Waals surface area contributed by atoms with E-state index in [4.69, 9.17) is 0 Å². The van der Waals surface area contributed by atoms with E-state index in [0.29, 0.717) is 17.9 Å². The van der Waals surface area contributed by atoms with E-state index in [0.717, 1.165) is 25.3 Å². The molecule has 0 aliphatic carbocycles. The summed E-state index contributed by atoms with van der Waals surface area (Å²) < 4.78 is 0. The second kappa shape index (κ2) is 8.25. The molecule has 1 unspecified atom stereocenters. The predicted molar refractivity (Wildman–Crippen MR) is 88.2 cm³/mol. The van der Waals surface area contributed by atoms with Gasteiger partial charge in [-0.25, -0.2) is 0 Å². The molecule has 0 spiro atoms. The number of hydrogen-bond acceptors (Lipinski definition) is 3. The molecule has 0 aromatic carbocycles. The van der Waals surface area contributed by atoms with Gasteiger partial charge < -0.3 is 10.2 Å². The fourth-order valence-electron chi connectivity index (χ4n) is 2.42. The lowest BCUT2D eigenvalue weighted by Crippen LogP contribution is -2.31. The van der Waals surface area contributed by atoms with Crippen LogP contribution in [0, 0.1) is 11.8 Å². The first-order valence-electron chi connectivity index (χ1n) is 7.88. The Morgan fingerprint density at radius 3 is 2.05 bits per heavy atom. The van der Waals surface area contributed by atoms with Crippen LogP contribution >= 0.6 is 0 Å². The summed E-state index contributed by atoms with van der Waals surface area (Å²) in [5.41, 5.74) is 2.35. The van der Waals surface area contributed by atoms with Crippen molar-refractivity contribution in [3.63, 3.8) is 0 Å². The van der Waals surface area contributed by atoms with Crippen LogP contribution in [0.1, 0.15) is 53.3 Å². The summed E-state index contributed by atoms with van der Waals surface area (Å²) in [5, 5.41) is 3.40. The second-order valence-electron chi connectivity index (χ2n) is 6.41. The molecule has 3 heteroatoms. The molecule has 1 heterocycles. The Kier molecular flexibility index (Phi) is 7.00. The van der Waals surface area contributed by atoms with Crippen LogP contribution in [0.15, 0.2) is 18.3 Å². The summed E-state index contributed by atoms with van der Waals surface area (Å²) in [6.45, 7) is 16.5. The Morgan fingerprint density at radius 2 is 1.65 bits per heavy atom. The molecule has 0 aliphatic rings. The Bertz CT molecular complexity index is 360. The van der Waals surface area contributed by atoms with Gasteiger partial charge in [-0.3, -0.25) is 4.98 Å². The van der Waals surface area contributed by atoms with E-state index in [1.165, 1.54) is 5.69 Å². The van der Waals surface area contributed by atoms with E-state index in [1.54, 1.807) is 0 Å². The number of anilines is 1. The van der Waals surface area contributed by atoms with Crippen molar-refractivity contribution in [2.75, 3.05) is 24.5 Å². The van der Waals surface area contributed by atoms with Crippen molar-refractivity contribution in [3.8, 4) is 0 Å². The molecule has 0 saturated heterocycles. The normalized spacial score (nSPS) is 13.0. The summed E-state index contributed by atoms with van der Waals surface area (Å²) in [4.78, 5) is 7.08. The molecule has 1 N–H and O–H groups in total. The molecule has 1 aromatic rings. The van der Waals surface area contributed by atoms with Crippen LogP contribution < -0.4 is 10.2 Å². The highest BCUT2D eigenvalue weighted by molar-refractivity contribution is 5.45. The first kappa shape index (κ1) is 17.0. The monoisotopic (exact) mass is 277 g/mol. The number of nitrogens with zero attached hydrogens (tertiary/aromatic N) is 2. The van der Waals surface area contributed by atoms with Crippen molar-refractivity contribution >= 4 is 5.69 Å². The van der Waals surface area contributed by atoms with Crippen molar-refractivity contribution in [1.29, 1.82) is 0 Å². The molecular weight excluding hydrogens is 246 g/mol. The highest BCUT2D eigenvalue weighted by atomic mass is 15.1. The first-order valence-corrected chi connectivity index (χ1v) is 7.88. The first-order chi connectivity index (χ1) is 9.43.